The van der Waals surface area contributed by atoms with Gasteiger partial charge in [0, 0.05) is 17.9 Å². The molecule has 0 saturated carbocycles. The first-order valence-electron chi connectivity index (χ1n) is 3.91. The van der Waals surface area contributed by atoms with E-state index in [-0.39, 0.29) is 0 Å². The van der Waals surface area contributed by atoms with E-state index in [0.717, 1.165) is 0 Å². The molecule has 0 saturated heterocycles. The number of aliphatic hydroxyl groups is 1. The van der Waals surface area contributed by atoms with Crippen molar-refractivity contribution in [1.82, 2.24) is 0 Å². The topological polar surface area (TPSA) is 20.2 Å². The van der Waals surface area contributed by atoms with Gasteiger partial charge >= 0.3 is 0 Å². The number of halogens is 1. The van der Waals surface area contributed by atoms with E-state index in [1.54, 1.807) is 0 Å². The zero-order valence-electron chi connectivity index (χ0n) is 8.33. The molecule has 1 nitrogen and oxygen atoms in total. The fourth-order valence-electron chi connectivity index (χ4n) is 0.0211. The first-order chi connectivity index (χ1) is 4.50. The van der Waals surface area contributed by atoms with E-state index < -0.39 is 18.8 Å². The fourth-order valence-corrected chi connectivity index (χ4v) is 0.0634. The van der Waals surface area contributed by atoms with E-state index in [1.165, 1.54) is 0 Å². The molecule has 0 aliphatic rings. The molecule has 0 aromatic rings. The van der Waals surface area contributed by atoms with Crippen molar-refractivity contribution in [2.75, 3.05) is 12.4 Å². The molecule has 0 spiro atoms. The molecule has 0 amide bonds. The van der Waals surface area contributed by atoms with Gasteiger partial charge in [0.2, 0.25) is 0 Å². The van der Waals surface area contributed by atoms with Crippen LogP contribution in [0.3, 0.4) is 0 Å². The fraction of sp³-hybridized carbons (Fsp3) is 1.00. The molecular weight excluding hydrogens is 87.5 g/mol. The van der Waals surface area contributed by atoms with Crippen LogP contribution in [0.5, 0.6) is 0 Å². The van der Waals surface area contributed by atoms with Crippen LogP contribution in [0.1, 0.15) is 14.6 Å². The minimum atomic E-state index is -3.29. The van der Waals surface area contributed by atoms with Crippen molar-refractivity contribution in [2.45, 2.75) is 6.37 Å². The molecule has 5 heavy (non-hydrogen) atoms. The lowest BCUT2D eigenvalue weighted by Crippen LogP contribution is -1.79. The average molecular weight is 101 g/mol. The zero-order chi connectivity index (χ0) is 9.50. The number of alkyl halides is 1. The van der Waals surface area contributed by atoms with Crippen molar-refractivity contribution in [3.8, 4) is 0 Å². The highest BCUT2D eigenvalue weighted by atomic mass is 35.5. The van der Waals surface area contributed by atoms with Gasteiger partial charge in [-0.1, -0.05) is 0 Å². The SMILES string of the molecule is [2H]C([2H])(O)C([2H])([2H])C([2H])([2H])Cl. The molecule has 0 unspecified atom stereocenters. The summed E-state index contributed by atoms with van der Waals surface area (Å²) in [7, 11) is 0. The van der Waals surface area contributed by atoms with E-state index in [9.17, 15) is 0 Å². The Balaban J connectivity index is 4.75. The first kappa shape index (κ1) is 0.903. The van der Waals surface area contributed by atoms with Gasteiger partial charge in [-0.05, 0) is 6.37 Å². The third-order valence-electron chi connectivity index (χ3n) is 0.103. The largest absolute Gasteiger partial charge is 0.396 e. The molecule has 0 aromatic heterocycles. The van der Waals surface area contributed by atoms with Gasteiger partial charge in [-0.25, -0.2) is 0 Å². The lowest BCUT2D eigenvalue weighted by atomic mass is 10.5. The Hall–Kier alpha value is 0.250. The molecule has 0 fully saturated rings. The second-order valence-corrected chi connectivity index (χ2v) is 0.520. The van der Waals surface area contributed by atoms with Crippen molar-refractivity contribution in [1.29, 1.82) is 0 Å². The van der Waals surface area contributed by atoms with Gasteiger partial charge in [0.1, 0.15) is 0 Å². The summed E-state index contributed by atoms with van der Waals surface area (Å²) in [6, 6.07) is 0. The monoisotopic (exact) mass is 100 g/mol. The molecule has 0 aliphatic carbocycles. The Morgan fingerprint density at radius 1 is 2.00 bits per heavy atom. The molecule has 1 N–H and O–H groups in total. The van der Waals surface area contributed by atoms with Crippen LogP contribution < -0.4 is 0 Å². The van der Waals surface area contributed by atoms with E-state index in [2.05, 4.69) is 0 Å². The average Bonchev–Trinajstić information content (AvgIpc) is 1.58. The Bertz CT molecular complexity index is 129. The van der Waals surface area contributed by atoms with Gasteiger partial charge in [-0.15, -0.1) is 11.6 Å². The van der Waals surface area contributed by atoms with E-state index in [4.69, 9.17) is 24.9 Å². The molecule has 0 rings (SSSR count). The molecule has 0 aliphatic heterocycles. The van der Waals surface area contributed by atoms with Crippen LogP contribution in [0, 0.1) is 0 Å². The van der Waals surface area contributed by atoms with Crippen LogP contribution in [0.25, 0.3) is 0 Å². The predicted molar refractivity (Wildman–Crippen MR) is 22.4 cm³/mol. The van der Waals surface area contributed by atoms with Gasteiger partial charge in [0.15, 0.2) is 0 Å². The maximum Gasteiger partial charge on any atom is 0.0564 e. The normalized spacial score (nSPS) is 34.8. The summed E-state index contributed by atoms with van der Waals surface area (Å²) < 4.78 is 39.8. The van der Waals surface area contributed by atoms with Crippen molar-refractivity contribution in [3.63, 3.8) is 0 Å². The summed E-state index contributed by atoms with van der Waals surface area (Å²) in [6.45, 7) is -3.29. The lowest BCUT2D eigenvalue weighted by molar-refractivity contribution is 0.296. The zero-order valence-corrected chi connectivity index (χ0v) is 3.08. The van der Waals surface area contributed by atoms with Crippen LogP contribution in [-0.4, -0.2) is 17.5 Å². The molecular formula is C3H7ClO. The Morgan fingerprint density at radius 2 is 2.60 bits per heavy atom. The van der Waals surface area contributed by atoms with Gasteiger partial charge < -0.3 is 5.11 Å². The maximum atomic E-state index is 8.51. The highest BCUT2D eigenvalue weighted by Gasteiger charge is 1.71. The van der Waals surface area contributed by atoms with E-state index >= 15 is 0 Å². The standard InChI is InChI=1S/C3H7ClO/c4-2-1-3-5/h5H,1-3H2/i1D2,2D2,3D2. The Kier molecular flexibility index (Phi) is 0.767. The molecule has 0 heterocycles. The van der Waals surface area contributed by atoms with Crippen molar-refractivity contribution in [2.24, 2.45) is 0 Å². The van der Waals surface area contributed by atoms with Crippen molar-refractivity contribution >= 4 is 11.6 Å². The van der Waals surface area contributed by atoms with Crippen LogP contribution in [0.15, 0.2) is 0 Å². The smallest absolute Gasteiger partial charge is 0.0564 e. The number of hydrogen-bond acceptors (Lipinski definition) is 1. The third-order valence-corrected chi connectivity index (χ3v) is 0.198. The van der Waals surface area contributed by atoms with Crippen molar-refractivity contribution in [3.05, 3.63) is 0 Å². The van der Waals surface area contributed by atoms with Crippen LogP contribution in [0.2, 0.25) is 0 Å². The lowest BCUT2D eigenvalue weighted by Gasteiger charge is -1.77. The summed E-state index contributed by atoms with van der Waals surface area (Å²) in [5, 5.41) is 8.51. The summed E-state index contributed by atoms with van der Waals surface area (Å²) in [5.74, 6) is -2.94. The van der Waals surface area contributed by atoms with Crippen LogP contribution >= 0.6 is 11.6 Å². The summed E-state index contributed by atoms with van der Waals surface area (Å²) in [4.78, 5) is 0. The number of rotatable bonds is 2. The van der Waals surface area contributed by atoms with Gasteiger partial charge in [-0.2, -0.15) is 0 Å². The highest BCUT2D eigenvalue weighted by Crippen LogP contribution is 1.77. The summed E-state index contributed by atoms with van der Waals surface area (Å²) in [5.41, 5.74) is 0. The quantitative estimate of drug-likeness (QED) is 0.504. The van der Waals surface area contributed by atoms with Gasteiger partial charge in [0.25, 0.3) is 0 Å². The molecule has 0 radical (unpaired) electrons. The Morgan fingerprint density at radius 3 is 2.60 bits per heavy atom. The number of hydrogen-bond donors (Lipinski definition) is 1. The third kappa shape index (κ3) is 4.25. The molecule has 0 atom stereocenters. The summed E-state index contributed by atoms with van der Waals surface area (Å²) in [6.07, 6.45) is -3.14. The second-order valence-electron chi connectivity index (χ2n) is 0.331. The van der Waals surface area contributed by atoms with Gasteiger partial charge in [-0.3, -0.25) is 0 Å². The summed E-state index contributed by atoms with van der Waals surface area (Å²) >= 11 is 4.87. The molecule has 0 aromatic carbocycles. The van der Waals surface area contributed by atoms with E-state index in [0.29, 0.717) is 0 Å². The minimum Gasteiger partial charge on any atom is -0.396 e. The van der Waals surface area contributed by atoms with Crippen LogP contribution in [0.4, 0.5) is 0 Å². The predicted octanol–water partition coefficient (Wildman–Crippen LogP) is 0.608. The van der Waals surface area contributed by atoms with Gasteiger partial charge in [0.05, 0.1) is 2.74 Å². The maximum absolute atomic E-state index is 8.51. The highest BCUT2D eigenvalue weighted by molar-refractivity contribution is 6.17. The first-order valence-corrected chi connectivity index (χ1v) is 1.29. The second kappa shape index (κ2) is 4.25. The molecule has 0 bridgehead atoms. The van der Waals surface area contributed by atoms with E-state index in [1.807, 2.05) is 0 Å². The van der Waals surface area contributed by atoms with Crippen LogP contribution in [-0.2, 0) is 0 Å². The Labute approximate surface area is 45.0 Å². The molecule has 32 valence electrons. The minimum absolute atomic E-state index is 2.94. The van der Waals surface area contributed by atoms with Crippen molar-refractivity contribution < 1.29 is 13.3 Å². The molecule has 2 heteroatoms.